The zero-order valence-electron chi connectivity index (χ0n) is 12.1. The molecule has 0 spiro atoms. The molecule has 0 aromatic carbocycles. The van der Waals surface area contributed by atoms with Crippen molar-refractivity contribution < 1.29 is 9.90 Å². The smallest absolute Gasteiger partial charge is 0.235 e. The Morgan fingerprint density at radius 3 is 2.35 bits per heavy atom. The van der Waals surface area contributed by atoms with E-state index in [0.29, 0.717) is 24.0 Å². The fourth-order valence-corrected chi connectivity index (χ4v) is 3.68. The molecule has 2 aliphatic rings. The molecule has 0 bridgehead atoms. The van der Waals surface area contributed by atoms with Gasteiger partial charge in [-0.1, -0.05) is 31.5 Å². The number of hydrogen-bond acceptors (Lipinski definition) is 3. The van der Waals surface area contributed by atoms with Gasteiger partial charge in [-0.05, 0) is 38.5 Å². The van der Waals surface area contributed by atoms with Crippen molar-refractivity contribution in [2.24, 2.45) is 11.1 Å². The summed E-state index contributed by atoms with van der Waals surface area (Å²) in [5.41, 5.74) is 5.35. The van der Waals surface area contributed by atoms with Gasteiger partial charge in [0.1, 0.15) is 0 Å². The number of carbonyl (C=O) groups is 1. The third kappa shape index (κ3) is 2.98. The summed E-state index contributed by atoms with van der Waals surface area (Å²) in [4.78, 5) is 15.4. The molecule has 0 aromatic rings. The molecule has 5 heteroatoms. The van der Waals surface area contributed by atoms with Gasteiger partial charge in [0.25, 0.3) is 0 Å². The van der Waals surface area contributed by atoms with Crippen molar-refractivity contribution >= 4 is 23.1 Å². The van der Waals surface area contributed by atoms with E-state index in [2.05, 4.69) is 0 Å². The van der Waals surface area contributed by atoms with E-state index in [0.717, 1.165) is 44.9 Å². The maximum absolute atomic E-state index is 13.1. The van der Waals surface area contributed by atoms with Crippen LogP contribution in [0.15, 0.2) is 0 Å². The van der Waals surface area contributed by atoms with Crippen molar-refractivity contribution in [3.8, 4) is 0 Å². The Bertz CT molecular complexity index is 363. The minimum Gasteiger partial charge on any atom is -0.396 e. The third-order valence-electron chi connectivity index (χ3n) is 4.92. The monoisotopic (exact) mass is 298 g/mol. The van der Waals surface area contributed by atoms with Gasteiger partial charge in [-0.15, -0.1) is 0 Å². The van der Waals surface area contributed by atoms with Crippen LogP contribution in [0.3, 0.4) is 0 Å². The molecule has 1 amide bonds. The molecule has 2 saturated carbocycles. The van der Waals surface area contributed by atoms with Gasteiger partial charge < -0.3 is 15.7 Å². The molecule has 0 heterocycles. The van der Waals surface area contributed by atoms with Crippen LogP contribution in [0, 0.1) is 5.41 Å². The Labute approximate surface area is 126 Å². The quantitative estimate of drug-likeness (QED) is 0.736. The standard InChI is InChI=1S/C15H26N2O2S/c16-13(20)15(8-2-1-3-9-15)14(19)17(10-5-11-18)12-6-4-7-12/h12,18H,1-11H2,(H2,16,20). The number of thiocarbonyl (C=S) groups is 1. The third-order valence-corrected chi connectivity index (χ3v) is 5.31. The second-order valence-corrected chi connectivity index (χ2v) is 6.61. The molecule has 0 unspecified atom stereocenters. The zero-order valence-corrected chi connectivity index (χ0v) is 13.0. The van der Waals surface area contributed by atoms with E-state index < -0.39 is 5.41 Å². The summed E-state index contributed by atoms with van der Waals surface area (Å²) in [6.45, 7) is 0.751. The van der Waals surface area contributed by atoms with E-state index in [-0.39, 0.29) is 12.5 Å². The summed E-state index contributed by atoms with van der Waals surface area (Å²) in [6, 6.07) is 0.335. The fourth-order valence-electron chi connectivity index (χ4n) is 3.39. The van der Waals surface area contributed by atoms with Gasteiger partial charge in [0.05, 0.1) is 10.4 Å². The van der Waals surface area contributed by atoms with Crippen molar-refractivity contribution in [1.82, 2.24) is 4.90 Å². The number of amides is 1. The van der Waals surface area contributed by atoms with Crippen molar-refractivity contribution in [2.45, 2.75) is 63.8 Å². The lowest BCUT2D eigenvalue weighted by atomic mass is 9.72. The van der Waals surface area contributed by atoms with Gasteiger partial charge in [-0.2, -0.15) is 0 Å². The number of nitrogens with zero attached hydrogens (tertiary/aromatic N) is 1. The molecule has 0 radical (unpaired) electrons. The highest BCUT2D eigenvalue weighted by atomic mass is 32.1. The van der Waals surface area contributed by atoms with E-state index in [9.17, 15) is 4.79 Å². The molecule has 0 saturated heterocycles. The minimum absolute atomic E-state index is 0.122. The predicted octanol–water partition coefficient (Wildman–Crippen LogP) is 1.99. The summed E-state index contributed by atoms with van der Waals surface area (Å²) in [5, 5.41) is 9.06. The largest absolute Gasteiger partial charge is 0.396 e. The molecule has 2 aliphatic carbocycles. The molecular formula is C15H26N2O2S. The summed E-state index contributed by atoms with van der Waals surface area (Å²) >= 11 is 5.26. The van der Waals surface area contributed by atoms with Gasteiger partial charge in [0.15, 0.2) is 0 Å². The number of aliphatic hydroxyl groups excluding tert-OH is 1. The molecule has 2 rings (SSSR count). The first-order chi connectivity index (χ1) is 9.62. The topological polar surface area (TPSA) is 66.6 Å². The minimum atomic E-state index is -0.612. The Kier molecular flexibility index (Phi) is 5.38. The second-order valence-electron chi connectivity index (χ2n) is 6.17. The first-order valence-electron chi connectivity index (χ1n) is 7.83. The average molecular weight is 298 g/mol. The number of carbonyl (C=O) groups excluding carboxylic acids is 1. The van der Waals surface area contributed by atoms with Gasteiger partial charge in [-0.25, -0.2) is 0 Å². The van der Waals surface area contributed by atoms with Crippen LogP contribution in [0.5, 0.6) is 0 Å². The van der Waals surface area contributed by atoms with E-state index >= 15 is 0 Å². The van der Waals surface area contributed by atoms with Gasteiger partial charge in [0, 0.05) is 19.2 Å². The van der Waals surface area contributed by atoms with Gasteiger partial charge >= 0.3 is 0 Å². The summed E-state index contributed by atoms with van der Waals surface area (Å²) in [6.07, 6.45) is 8.78. The first-order valence-corrected chi connectivity index (χ1v) is 8.24. The Morgan fingerprint density at radius 1 is 1.25 bits per heavy atom. The van der Waals surface area contributed by atoms with Crippen LogP contribution in [-0.2, 0) is 4.79 Å². The molecule has 0 atom stereocenters. The predicted molar refractivity (Wildman–Crippen MR) is 83.4 cm³/mol. The van der Waals surface area contributed by atoms with E-state index in [1.54, 1.807) is 0 Å². The maximum atomic E-state index is 13.1. The maximum Gasteiger partial charge on any atom is 0.235 e. The molecule has 20 heavy (non-hydrogen) atoms. The SMILES string of the molecule is NC(=S)C1(C(=O)N(CCCO)C2CCC2)CCCCC1. The van der Waals surface area contributed by atoms with Crippen molar-refractivity contribution in [3.63, 3.8) is 0 Å². The molecule has 2 fully saturated rings. The highest BCUT2D eigenvalue weighted by Crippen LogP contribution is 2.40. The Morgan fingerprint density at radius 2 is 1.90 bits per heavy atom. The molecule has 0 aromatic heterocycles. The van der Waals surface area contributed by atoms with Crippen LogP contribution in [0.25, 0.3) is 0 Å². The van der Waals surface area contributed by atoms with Crippen molar-refractivity contribution in [1.29, 1.82) is 0 Å². The lowest BCUT2D eigenvalue weighted by Crippen LogP contribution is -2.56. The number of rotatable bonds is 6. The highest BCUT2D eigenvalue weighted by Gasteiger charge is 2.46. The van der Waals surface area contributed by atoms with Gasteiger partial charge in [0.2, 0.25) is 5.91 Å². The lowest BCUT2D eigenvalue weighted by molar-refractivity contribution is -0.144. The van der Waals surface area contributed by atoms with Crippen LogP contribution in [0.2, 0.25) is 0 Å². The number of nitrogens with two attached hydrogens (primary N) is 1. The summed E-state index contributed by atoms with van der Waals surface area (Å²) < 4.78 is 0. The number of aliphatic hydroxyl groups is 1. The Hall–Kier alpha value is -0.680. The Balaban J connectivity index is 2.16. The first kappa shape index (κ1) is 15.7. The molecule has 114 valence electrons. The number of hydrogen-bond donors (Lipinski definition) is 2. The molecule has 4 nitrogen and oxygen atoms in total. The van der Waals surface area contributed by atoms with Crippen LogP contribution in [-0.4, -0.2) is 40.1 Å². The van der Waals surface area contributed by atoms with Gasteiger partial charge in [-0.3, -0.25) is 4.79 Å². The zero-order chi connectivity index (χ0) is 14.6. The second kappa shape index (κ2) is 6.85. The van der Waals surface area contributed by atoms with Crippen molar-refractivity contribution in [2.75, 3.05) is 13.2 Å². The molecule has 3 N–H and O–H groups in total. The summed E-state index contributed by atoms with van der Waals surface area (Å²) in [5.74, 6) is 0.128. The van der Waals surface area contributed by atoms with Crippen LogP contribution in [0.4, 0.5) is 0 Å². The van der Waals surface area contributed by atoms with Crippen LogP contribution >= 0.6 is 12.2 Å². The van der Waals surface area contributed by atoms with E-state index in [1.165, 1.54) is 6.42 Å². The normalized spacial score (nSPS) is 22.1. The fraction of sp³-hybridized carbons (Fsp3) is 0.867. The van der Waals surface area contributed by atoms with E-state index in [1.807, 2.05) is 4.90 Å². The van der Waals surface area contributed by atoms with Crippen LogP contribution < -0.4 is 5.73 Å². The average Bonchev–Trinajstić information content (AvgIpc) is 2.41. The highest BCUT2D eigenvalue weighted by molar-refractivity contribution is 7.80. The lowest BCUT2D eigenvalue weighted by Gasteiger charge is -2.44. The molecular weight excluding hydrogens is 272 g/mol. The molecule has 0 aliphatic heterocycles. The summed E-state index contributed by atoms with van der Waals surface area (Å²) in [7, 11) is 0. The van der Waals surface area contributed by atoms with Crippen LogP contribution in [0.1, 0.15) is 57.8 Å². The van der Waals surface area contributed by atoms with Crippen molar-refractivity contribution in [3.05, 3.63) is 0 Å². The van der Waals surface area contributed by atoms with E-state index in [4.69, 9.17) is 23.1 Å².